The van der Waals surface area contributed by atoms with Gasteiger partial charge >= 0.3 is 0 Å². The molecule has 0 fully saturated rings. The SMILES string of the molecule is Nc1nc2sccn2c1S(=O)(=O)NCCc1ncc[nH]1. The van der Waals surface area contributed by atoms with E-state index in [1.54, 1.807) is 24.0 Å². The van der Waals surface area contributed by atoms with Crippen molar-refractivity contribution >= 4 is 32.1 Å². The number of thiazole rings is 1. The van der Waals surface area contributed by atoms with Crippen molar-refractivity contribution in [3.8, 4) is 0 Å². The van der Waals surface area contributed by atoms with Crippen molar-refractivity contribution in [3.63, 3.8) is 0 Å². The van der Waals surface area contributed by atoms with E-state index in [1.807, 2.05) is 0 Å². The predicted molar refractivity (Wildman–Crippen MR) is 75.0 cm³/mol. The smallest absolute Gasteiger partial charge is 0.260 e. The van der Waals surface area contributed by atoms with Crippen molar-refractivity contribution in [1.29, 1.82) is 0 Å². The zero-order valence-electron chi connectivity index (χ0n) is 10.3. The van der Waals surface area contributed by atoms with Gasteiger partial charge in [-0.1, -0.05) is 0 Å². The molecular weight excluding hydrogens is 300 g/mol. The third-order valence-corrected chi connectivity index (χ3v) is 4.96. The molecule has 3 aromatic rings. The van der Waals surface area contributed by atoms with E-state index in [4.69, 9.17) is 5.73 Å². The van der Waals surface area contributed by atoms with Crippen LogP contribution in [0.15, 0.2) is 29.0 Å². The summed E-state index contributed by atoms with van der Waals surface area (Å²) in [5.41, 5.74) is 5.69. The lowest BCUT2D eigenvalue weighted by Gasteiger charge is -2.05. The molecule has 0 radical (unpaired) electrons. The van der Waals surface area contributed by atoms with Crippen LogP contribution in [0.4, 0.5) is 5.82 Å². The molecule has 4 N–H and O–H groups in total. The number of nitrogen functional groups attached to an aromatic ring is 1. The number of nitrogens with one attached hydrogen (secondary N) is 2. The van der Waals surface area contributed by atoms with Crippen molar-refractivity contribution in [2.24, 2.45) is 0 Å². The molecular formula is C10H12N6O2S2. The average molecular weight is 312 g/mol. The van der Waals surface area contributed by atoms with Gasteiger partial charge in [0, 0.05) is 36.9 Å². The van der Waals surface area contributed by atoms with Crippen LogP contribution in [-0.2, 0) is 16.4 Å². The Morgan fingerprint density at radius 3 is 3.10 bits per heavy atom. The summed E-state index contributed by atoms with van der Waals surface area (Å²) in [5, 5.41) is 1.73. The highest BCUT2D eigenvalue weighted by Gasteiger charge is 2.24. The van der Waals surface area contributed by atoms with E-state index >= 15 is 0 Å². The number of nitrogens with two attached hydrogens (primary N) is 1. The van der Waals surface area contributed by atoms with Crippen molar-refractivity contribution in [2.75, 3.05) is 12.3 Å². The number of anilines is 1. The summed E-state index contributed by atoms with van der Waals surface area (Å²) in [6.45, 7) is 0.229. The number of imidazole rings is 2. The number of aromatic amines is 1. The first-order valence-corrected chi connectivity index (χ1v) is 8.13. The topological polar surface area (TPSA) is 118 Å². The average Bonchev–Trinajstić information content (AvgIpc) is 3.04. The Morgan fingerprint density at radius 2 is 2.35 bits per heavy atom. The first-order valence-electron chi connectivity index (χ1n) is 5.77. The van der Waals surface area contributed by atoms with Gasteiger partial charge in [0.1, 0.15) is 5.82 Å². The van der Waals surface area contributed by atoms with Gasteiger partial charge in [0.2, 0.25) is 0 Å². The van der Waals surface area contributed by atoms with Crippen LogP contribution < -0.4 is 10.5 Å². The first kappa shape index (κ1) is 13.1. The highest BCUT2D eigenvalue weighted by molar-refractivity contribution is 7.89. The van der Waals surface area contributed by atoms with Crippen LogP contribution in [0.5, 0.6) is 0 Å². The van der Waals surface area contributed by atoms with Crippen LogP contribution in [-0.4, -0.2) is 34.3 Å². The molecule has 3 heterocycles. The summed E-state index contributed by atoms with van der Waals surface area (Å²) >= 11 is 1.32. The number of nitrogens with zero attached hydrogens (tertiary/aromatic N) is 3. The second kappa shape index (κ2) is 4.89. The Hall–Kier alpha value is -1.91. The lowest BCUT2D eigenvalue weighted by atomic mass is 10.4. The number of rotatable bonds is 5. The van der Waals surface area contributed by atoms with E-state index in [0.717, 1.165) is 5.82 Å². The molecule has 0 atom stereocenters. The molecule has 10 heteroatoms. The highest BCUT2D eigenvalue weighted by Crippen LogP contribution is 2.22. The molecule has 0 bridgehead atoms. The molecule has 0 spiro atoms. The van der Waals surface area contributed by atoms with Gasteiger partial charge in [-0.3, -0.25) is 4.40 Å². The number of H-pyrrole nitrogens is 1. The van der Waals surface area contributed by atoms with Crippen LogP contribution >= 0.6 is 11.3 Å². The van der Waals surface area contributed by atoms with Crippen molar-refractivity contribution in [2.45, 2.75) is 11.4 Å². The largest absolute Gasteiger partial charge is 0.381 e. The fourth-order valence-electron chi connectivity index (χ4n) is 1.86. The Morgan fingerprint density at radius 1 is 1.50 bits per heavy atom. The third-order valence-electron chi connectivity index (χ3n) is 2.71. The predicted octanol–water partition coefficient (Wildman–Crippen LogP) is 0.222. The summed E-state index contributed by atoms with van der Waals surface area (Å²) in [6, 6.07) is 0. The Kier molecular flexibility index (Phi) is 3.20. The van der Waals surface area contributed by atoms with E-state index in [2.05, 4.69) is 19.7 Å². The number of aromatic nitrogens is 4. The van der Waals surface area contributed by atoms with Gasteiger partial charge in [0.15, 0.2) is 15.8 Å². The minimum Gasteiger partial charge on any atom is -0.381 e. The monoisotopic (exact) mass is 312 g/mol. The quantitative estimate of drug-likeness (QED) is 0.623. The molecule has 0 saturated carbocycles. The maximum atomic E-state index is 12.3. The van der Waals surface area contributed by atoms with E-state index < -0.39 is 10.0 Å². The molecule has 0 aliphatic rings. The summed E-state index contributed by atoms with van der Waals surface area (Å²) in [4.78, 5) is 11.5. The fourth-order valence-corrected chi connectivity index (χ4v) is 3.87. The molecule has 0 saturated heterocycles. The van der Waals surface area contributed by atoms with Gasteiger partial charge in [-0.15, -0.1) is 11.3 Å². The number of hydrogen-bond acceptors (Lipinski definition) is 6. The van der Waals surface area contributed by atoms with E-state index in [1.165, 1.54) is 15.7 Å². The van der Waals surface area contributed by atoms with Crippen LogP contribution in [0.3, 0.4) is 0 Å². The summed E-state index contributed by atoms with van der Waals surface area (Å²) < 4.78 is 28.5. The number of fused-ring (bicyclic) bond motifs is 1. The van der Waals surface area contributed by atoms with Crippen LogP contribution in [0.2, 0.25) is 0 Å². The highest BCUT2D eigenvalue weighted by atomic mass is 32.2. The third kappa shape index (κ3) is 2.28. The van der Waals surface area contributed by atoms with Gasteiger partial charge in [-0.25, -0.2) is 23.1 Å². The van der Waals surface area contributed by atoms with Crippen molar-refractivity contribution in [3.05, 3.63) is 29.8 Å². The zero-order chi connectivity index (χ0) is 14.2. The molecule has 0 amide bonds. The normalized spacial score (nSPS) is 12.2. The molecule has 0 aliphatic heterocycles. The second-order valence-electron chi connectivity index (χ2n) is 4.04. The molecule has 8 nitrogen and oxygen atoms in total. The standard InChI is InChI=1S/C10H12N6O2S2/c11-8-9(16-5-6-19-10(16)15-8)20(17,18)14-2-1-7-12-3-4-13-7/h3-6,14H,1-2,11H2,(H,12,13). The lowest BCUT2D eigenvalue weighted by molar-refractivity contribution is 0.576. The van der Waals surface area contributed by atoms with Crippen LogP contribution in [0.1, 0.15) is 5.82 Å². The maximum absolute atomic E-state index is 12.3. The Labute approximate surface area is 118 Å². The van der Waals surface area contributed by atoms with Crippen molar-refractivity contribution < 1.29 is 8.42 Å². The van der Waals surface area contributed by atoms with Gasteiger partial charge in [0.25, 0.3) is 10.0 Å². The molecule has 0 unspecified atom stereocenters. The number of hydrogen-bond donors (Lipinski definition) is 3. The van der Waals surface area contributed by atoms with Gasteiger partial charge in [-0.2, -0.15) is 0 Å². The number of sulfonamides is 1. The second-order valence-corrected chi connectivity index (χ2v) is 6.60. The van der Waals surface area contributed by atoms with Gasteiger partial charge in [-0.05, 0) is 0 Å². The van der Waals surface area contributed by atoms with E-state index in [-0.39, 0.29) is 17.4 Å². The van der Waals surface area contributed by atoms with E-state index in [9.17, 15) is 8.42 Å². The fraction of sp³-hybridized carbons (Fsp3) is 0.200. The minimum absolute atomic E-state index is 0.00217. The van der Waals surface area contributed by atoms with Gasteiger partial charge in [0.05, 0.1) is 0 Å². The molecule has 20 heavy (non-hydrogen) atoms. The zero-order valence-corrected chi connectivity index (χ0v) is 11.9. The molecule has 106 valence electrons. The molecule has 3 aromatic heterocycles. The minimum atomic E-state index is -3.71. The summed E-state index contributed by atoms with van der Waals surface area (Å²) in [6.07, 6.45) is 5.41. The van der Waals surface area contributed by atoms with Crippen molar-refractivity contribution in [1.82, 2.24) is 24.1 Å². The van der Waals surface area contributed by atoms with Crippen LogP contribution in [0.25, 0.3) is 4.96 Å². The van der Waals surface area contributed by atoms with Crippen LogP contribution in [0, 0.1) is 0 Å². The first-order chi connectivity index (χ1) is 9.58. The molecule has 0 aliphatic carbocycles. The van der Waals surface area contributed by atoms with E-state index in [0.29, 0.717) is 11.4 Å². The maximum Gasteiger partial charge on any atom is 0.260 e. The Bertz CT molecular complexity index is 817. The molecule has 0 aromatic carbocycles. The Balaban J connectivity index is 1.81. The molecule has 3 rings (SSSR count). The lowest BCUT2D eigenvalue weighted by Crippen LogP contribution is -2.27. The summed E-state index contributed by atoms with van der Waals surface area (Å²) in [7, 11) is -3.71. The summed E-state index contributed by atoms with van der Waals surface area (Å²) in [5.74, 6) is 0.719. The van der Waals surface area contributed by atoms with Gasteiger partial charge < -0.3 is 10.7 Å².